The molecule has 4 nitrogen and oxygen atoms in total. The first-order valence-electron chi connectivity index (χ1n) is 5.71. The van der Waals surface area contributed by atoms with Gasteiger partial charge in [0.25, 0.3) is 5.69 Å². The summed E-state index contributed by atoms with van der Waals surface area (Å²) in [5, 5.41) is 11.6. The molecule has 0 heterocycles. The quantitative estimate of drug-likeness (QED) is 0.470. The molecule has 2 aromatic rings. The van der Waals surface area contributed by atoms with Crippen molar-refractivity contribution in [3.05, 3.63) is 63.2 Å². The van der Waals surface area contributed by atoms with Crippen molar-refractivity contribution in [3.8, 4) is 0 Å². The van der Waals surface area contributed by atoms with Crippen LogP contribution in [0.1, 0.15) is 17.3 Å². The second-order valence-corrected chi connectivity index (χ2v) is 5.52. The van der Waals surface area contributed by atoms with E-state index in [1.54, 1.807) is 30.3 Å². The van der Waals surface area contributed by atoms with Crippen molar-refractivity contribution in [1.29, 1.82) is 0 Å². The number of nitro benzene ring substituents is 1. The number of ketones is 1. The highest BCUT2D eigenvalue weighted by molar-refractivity contribution is 7.99. The van der Waals surface area contributed by atoms with Crippen LogP contribution in [0.5, 0.6) is 0 Å². The first-order valence-corrected chi connectivity index (χ1v) is 6.90. The second kappa shape index (κ2) is 6.07. The molecule has 0 atom stereocenters. The minimum absolute atomic E-state index is 0.0948. The number of hydrogen-bond acceptors (Lipinski definition) is 4. The van der Waals surface area contributed by atoms with E-state index < -0.39 is 4.92 Å². The first kappa shape index (κ1) is 14.6. The van der Waals surface area contributed by atoms with E-state index in [1.807, 2.05) is 6.07 Å². The summed E-state index contributed by atoms with van der Waals surface area (Å²) in [5.41, 5.74) is 0.225. The summed E-state index contributed by atoms with van der Waals surface area (Å²) in [6.07, 6.45) is 0. The van der Waals surface area contributed by atoms with Crippen molar-refractivity contribution < 1.29 is 9.72 Å². The summed E-state index contributed by atoms with van der Waals surface area (Å²) in [7, 11) is 0. The van der Waals surface area contributed by atoms with Gasteiger partial charge in [-0.25, -0.2) is 0 Å². The highest BCUT2D eigenvalue weighted by Gasteiger charge is 2.17. The molecule has 0 bridgehead atoms. The van der Waals surface area contributed by atoms with Crippen LogP contribution in [0.2, 0.25) is 5.02 Å². The molecule has 0 aliphatic carbocycles. The van der Waals surface area contributed by atoms with Crippen LogP contribution in [0.3, 0.4) is 0 Å². The molecular weight excluding hydrogens is 298 g/mol. The fraction of sp³-hybridized carbons (Fsp3) is 0.0714. The number of benzene rings is 2. The number of carbonyl (C=O) groups excluding carboxylic acids is 1. The Morgan fingerprint density at radius 2 is 1.90 bits per heavy atom. The maximum absolute atomic E-state index is 11.3. The first-order chi connectivity index (χ1) is 9.49. The molecule has 0 saturated carbocycles. The van der Waals surface area contributed by atoms with Gasteiger partial charge in [-0.3, -0.25) is 14.9 Å². The van der Waals surface area contributed by atoms with Gasteiger partial charge in [0.1, 0.15) is 0 Å². The number of nitro groups is 1. The summed E-state index contributed by atoms with van der Waals surface area (Å²) in [6.45, 7) is 1.37. The highest BCUT2D eigenvalue weighted by Crippen LogP contribution is 2.38. The van der Waals surface area contributed by atoms with Crippen molar-refractivity contribution in [1.82, 2.24) is 0 Å². The van der Waals surface area contributed by atoms with Crippen LogP contribution >= 0.6 is 23.4 Å². The minimum Gasteiger partial charge on any atom is -0.295 e. The summed E-state index contributed by atoms with van der Waals surface area (Å²) in [4.78, 5) is 23.1. The van der Waals surface area contributed by atoms with Crippen molar-refractivity contribution in [3.63, 3.8) is 0 Å². The molecule has 102 valence electrons. The van der Waals surface area contributed by atoms with Gasteiger partial charge in [0.15, 0.2) is 5.78 Å². The molecule has 0 radical (unpaired) electrons. The Hall–Kier alpha value is -1.85. The van der Waals surface area contributed by atoms with E-state index in [4.69, 9.17) is 11.6 Å². The Labute approximate surface area is 124 Å². The van der Waals surface area contributed by atoms with Crippen LogP contribution in [-0.2, 0) is 0 Å². The second-order valence-electron chi connectivity index (χ2n) is 4.03. The van der Waals surface area contributed by atoms with Crippen LogP contribution < -0.4 is 0 Å². The van der Waals surface area contributed by atoms with E-state index in [-0.39, 0.29) is 11.5 Å². The number of rotatable bonds is 4. The number of nitrogens with zero attached hydrogens (tertiary/aromatic N) is 1. The number of hydrogen-bond donors (Lipinski definition) is 0. The lowest BCUT2D eigenvalue weighted by atomic mass is 10.1. The number of carbonyl (C=O) groups is 1. The van der Waals surface area contributed by atoms with E-state index in [1.165, 1.54) is 24.8 Å². The van der Waals surface area contributed by atoms with Gasteiger partial charge >= 0.3 is 0 Å². The van der Waals surface area contributed by atoms with Crippen LogP contribution in [0.15, 0.2) is 52.3 Å². The third-order valence-corrected chi connectivity index (χ3v) is 4.20. The Balaban J connectivity index is 2.44. The molecule has 0 spiro atoms. The molecule has 0 aliphatic heterocycles. The standard InChI is InChI=1S/C14H10ClNO3S/c1-9(17)10-6-7-14(12(8-10)16(18)19)20-13-5-3-2-4-11(13)15/h2-8H,1H3. The molecule has 0 saturated heterocycles. The van der Waals surface area contributed by atoms with Gasteiger partial charge in [0, 0.05) is 16.5 Å². The van der Waals surface area contributed by atoms with Gasteiger partial charge in [-0.1, -0.05) is 35.5 Å². The average molecular weight is 308 g/mol. The molecular formula is C14H10ClNO3S. The van der Waals surface area contributed by atoms with Crippen molar-refractivity contribution in [2.75, 3.05) is 0 Å². The zero-order valence-corrected chi connectivity index (χ0v) is 12.1. The number of halogens is 1. The van der Waals surface area contributed by atoms with Crippen molar-refractivity contribution in [2.45, 2.75) is 16.7 Å². The lowest BCUT2D eigenvalue weighted by molar-refractivity contribution is -0.387. The number of Topliss-reactive ketones (excluding diaryl/α,β-unsaturated/α-hetero) is 1. The topological polar surface area (TPSA) is 60.2 Å². The zero-order valence-electron chi connectivity index (χ0n) is 10.5. The molecule has 0 aromatic heterocycles. The summed E-state index contributed by atoms with van der Waals surface area (Å²) < 4.78 is 0. The fourth-order valence-corrected chi connectivity index (χ4v) is 2.79. The summed E-state index contributed by atoms with van der Waals surface area (Å²) in [5.74, 6) is -0.206. The van der Waals surface area contributed by atoms with Gasteiger partial charge in [-0.15, -0.1) is 0 Å². The molecule has 0 amide bonds. The normalized spacial score (nSPS) is 10.3. The van der Waals surface area contributed by atoms with E-state index in [2.05, 4.69) is 0 Å². The molecule has 2 aromatic carbocycles. The van der Waals surface area contributed by atoms with E-state index >= 15 is 0 Å². The third kappa shape index (κ3) is 3.18. The van der Waals surface area contributed by atoms with Crippen molar-refractivity contribution in [2.24, 2.45) is 0 Å². The zero-order chi connectivity index (χ0) is 14.7. The van der Waals surface area contributed by atoms with Gasteiger partial charge in [-0.05, 0) is 31.2 Å². The largest absolute Gasteiger partial charge is 0.295 e. The van der Waals surface area contributed by atoms with Crippen LogP contribution in [0, 0.1) is 10.1 Å². The average Bonchev–Trinajstić information content (AvgIpc) is 2.41. The SMILES string of the molecule is CC(=O)c1ccc(Sc2ccccc2Cl)c([N+](=O)[O-])c1. The van der Waals surface area contributed by atoms with Crippen LogP contribution in [0.4, 0.5) is 5.69 Å². The Bertz CT molecular complexity index is 688. The summed E-state index contributed by atoms with van der Waals surface area (Å²) >= 11 is 7.25. The Kier molecular flexibility index (Phi) is 4.42. The molecule has 0 fully saturated rings. The monoisotopic (exact) mass is 307 g/mol. The lowest BCUT2D eigenvalue weighted by Gasteiger charge is -2.06. The van der Waals surface area contributed by atoms with Crippen LogP contribution in [0.25, 0.3) is 0 Å². The molecule has 6 heteroatoms. The van der Waals surface area contributed by atoms with Gasteiger partial charge in [0.05, 0.1) is 14.8 Å². The molecule has 0 unspecified atom stereocenters. The van der Waals surface area contributed by atoms with E-state index in [0.29, 0.717) is 15.5 Å². The van der Waals surface area contributed by atoms with E-state index in [0.717, 1.165) is 4.90 Å². The van der Waals surface area contributed by atoms with Crippen molar-refractivity contribution >= 4 is 34.8 Å². The van der Waals surface area contributed by atoms with E-state index in [9.17, 15) is 14.9 Å². The summed E-state index contributed by atoms with van der Waals surface area (Å²) in [6, 6.07) is 11.6. The maximum Gasteiger partial charge on any atom is 0.283 e. The minimum atomic E-state index is -0.494. The maximum atomic E-state index is 11.3. The molecule has 2 rings (SSSR count). The third-order valence-electron chi connectivity index (χ3n) is 2.62. The molecule has 0 N–H and O–H groups in total. The molecule has 0 aliphatic rings. The van der Waals surface area contributed by atoms with Gasteiger partial charge in [-0.2, -0.15) is 0 Å². The Morgan fingerprint density at radius 3 is 2.50 bits per heavy atom. The molecule has 20 heavy (non-hydrogen) atoms. The highest BCUT2D eigenvalue weighted by atomic mass is 35.5. The van der Waals surface area contributed by atoms with Crippen LogP contribution in [-0.4, -0.2) is 10.7 Å². The fourth-order valence-electron chi connectivity index (χ4n) is 1.61. The smallest absolute Gasteiger partial charge is 0.283 e. The van der Waals surface area contributed by atoms with Gasteiger partial charge < -0.3 is 0 Å². The Morgan fingerprint density at radius 1 is 1.20 bits per heavy atom. The lowest BCUT2D eigenvalue weighted by Crippen LogP contribution is -1.97. The van der Waals surface area contributed by atoms with Gasteiger partial charge in [0.2, 0.25) is 0 Å². The predicted octanol–water partition coefficient (Wildman–Crippen LogP) is 4.60. The predicted molar refractivity (Wildman–Crippen MR) is 78.7 cm³/mol.